The Kier molecular flexibility index (Phi) is 2.04. The molecule has 2 aromatic heterocycles. The van der Waals surface area contributed by atoms with Crippen molar-refractivity contribution in [2.45, 2.75) is 13.3 Å². The number of pyridine rings is 1. The Morgan fingerprint density at radius 1 is 1.38 bits per heavy atom. The second-order valence-electron chi connectivity index (χ2n) is 2.70. The van der Waals surface area contributed by atoms with E-state index in [0.717, 1.165) is 12.1 Å². The molecule has 0 aliphatic heterocycles. The van der Waals surface area contributed by atoms with Crippen LogP contribution in [0.15, 0.2) is 31.1 Å². The minimum Gasteiger partial charge on any atom is -0.264 e. The molecule has 0 amide bonds. The van der Waals surface area contributed by atoms with Crippen LogP contribution in [0.3, 0.4) is 0 Å². The Morgan fingerprint density at radius 3 is 3.00 bits per heavy atom. The number of aromatic nitrogens is 4. The Labute approximate surface area is 76.3 Å². The van der Waals surface area contributed by atoms with Crippen molar-refractivity contribution < 1.29 is 0 Å². The highest BCUT2D eigenvalue weighted by atomic mass is 15.3. The van der Waals surface area contributed by atoms with Gasteiger partial charge in [-0.2, -0.15) is 5.10 Å². The Bertz CT molecular complexity index is 380. The lowest BCUT2D eigenvalue weighted by molar-refractivity contribution is 0.856. The molecule has 0 spiro atoms. The molecule has 66 valence electrons. The summed E-state index contributed by atoms with van der Waals surface area (Å²) in [5, 5.41) is 4.07. The highest BCUT2D eigenvalue weighted by Crippen LogP contribution is 2.11. The predicted octanol–water partition coefficient (Wildman–Crippen LogP) is 1.22. The molecular weight excluding hydrogens is 164 g/mol. The van der Waals surface area contributed by atoms with Gasteiger partial charge in [-0.3, -0.25) is 4.98 Å². The molecule has 0 N–H and O–H groups in total. The molecule has 13 heavy (non-hydrogen) atoms. The van der Waals surface area contributed by atoms with E-state index in [1.165, 1.54) is 11.9 Å². The fraction of sp³-hybridized carbons (Fsp3) is 0.222. The summed E-state index contributed by atoms with van der Waals surface area (Å²) in [4.78, 5) is 7.97. The maximum absolute atomic E-state index is 4.07. The van der Waals surface area contributed by atoms with Gasteiger partial charge in [-0.25, -0.2) is 9.67 Å². The van der Waals surface area contributed by atoms with Gasteiger partial charge < -0.3 is 0 Å². The summed E-state index contributed by atoms with van der Waals surface area (Å²) in [5.41, 5.74) is 2.23. The molecule has 0 unspecified atom stereocenters. The zero-order valence-corrected chi connectivity index (χ0v) is 7.38. The summed E-state index contributed by atoms with van der Waals surface area (Å²) in [6, 6.07) is 1.94. The first-order chi connectivity index (χ1) is 6.42. The topological polar surface area (TPSA) is 43.6 Å². The van der Waals surface area contributed by atoms with E-state index in [0.29, 0.717) is 0 Å². The van der Waals surface area contributed by atoms with Crippen molar-refractivity contribution in [3.05, 3.63) is 36.7 Å². The number of hydrogen-bond acceptors (Lipinski definition) is 3. The minimum absolute atomic E-state index is 0.947. The van der Waals surface area contributed by atoms with E-state index in [1.807, 2.05) is 12.3 Å². The fourth-order valence-corrected chi connectivity index (χ4v) is 1.25. The molecule has 0 radical (unpaired) electrons. The first kappa shape index (κ1) is 7.91. The third-order valence-corrected chi connectivity index (χ3v) is 1.92. The van der Waals surface area contributed by atoms with Crippen LogP contribution in [-0.4, -0.2) is 19.7 Å². The maximum Gasteiger partial charge on any atom is 0.138 e. The highest BCUT2D eigenvalue weighted by Gasteiger charge is 2.01. The van der Waals surface area contributed by atoms with Gasteiger partial charge in [0.1, 0.15) is 12.7 Å². The third-order valence-electron chi connectivity index (χ3n) is 1.92. The van der Waals surface area contributed by atoms with Crippen molar-refractivity contribution >= 4 is 0 Å². The maximum atomic E-state index is 4.07. The minimum atomic E-state index is 0.947. The average molecular weight is 174 g/mol. The lowest BCUT2D eigenvalue weighted by Crippen LogP contribution is -1.99. The quantitative estimate of drug-likeness (QED) is 0.687. The summed E-state index contributed by atoms with van der Waals surface area (Å²) in [5.74, 6) is 0. The van der Waals surface area contributed by atoms with Gasteiger partial charge in [0.15, 0.2) is 0 Å². The summed E-state index contributed by atoms with van der Waals surface area (Å²) < 4.78 is 1.75. The van der Waals surface area contributed by atoms with Crippen molar-refractivity contribution in [3.8, 4) is 5.69 Å². The molecule has 0 aliphatic rings. The summed E-state index contributed by atoms with van der Waals surface area (Å²) in [6.45, 7) is 2.09. The zero-order valence-electron chi connectivity index (χ0n) is 7.38. The van der Waals surface area contributed by atoms with Gasteiger partial charge in [0.2, 0.25) is 0 Å². The lowest BCUT2D eigenvalue weighted by atomic mass is 10.2. The Morgan fingerprint density at radius 2 is 2.31 bits per heavy atom. The normalized spacial score (nSPS) is 10.2. The number of nitrogens with zero attached hydrogens (tertiary/aromatic N) is 4. The summed E-state index contributed by atoms with van der Waals surface area (Å²) in [6.07, 6.45) is 7.78. The van der Waals surface area contributed by atoms with E-state index in [-0.39, 0.29) is 0 Å². The molecule has 4 nitrogen and oxygen atoms in total. The largest absolute Gasteiger partial charge is 0.264 e. The SMILES string of the molecule is CCc1cnccc1-n1cncn1. The molecule has 2 aromatic rings. The molecule has 4 heteroatoms. The smallest absolute Gasteiger partial charge is 0.138 e. The third kappa shape index (κ3) is 1.42. The van der Waals surface area contributed by atoms with Gasteiger partial charge >= 0.3 is 0 Å². The zero-order chi connectivity index (χ0) is 9.10. The molecule has 0 atom stereocenters. The van der Waals surface area contributed by atoms with Crippen molar-refractivity contribution in [3.63, 3.8) is 0 Å². The molecule has 0 fully saturated rings. The van der Waals surface area contributed by atoms with Gasteiger partial charge in [0, 0.05) is 12.4 Å². The van der Waals surface area contributed by atoms with Gasteiger partial charge in [-0.05, 0) is 18.1 Å². The van der Waals surface area contributed by atoms with Crippen molar-refractivity contribution in [1.29, 1.82) is 0 Å². The molecule has 0 aliphatic carbocycles. The molecule has 2 rings (SSSR count). The van der Waals surface area contributed by atoms with Crippen LogP contribution in [0.2, 0.25) is 0 Å². The molecule has 2 heterocycles. The first-order valence-corrected chi connectivity index (χ1v) is 4.19. The van der Waals surface area contributed by atoms with Crippen molar-refractivity contribution in [1.82, 2.24) is 19.7 Å². The number of aryl methyl sites for hydroxylation is 1. The van der Waals surface area contributed by atoms with E-state index in [4.69, 9.17) is 0 Å². The predicted molar refractivity (Wildman–Crippen MR) is 48.5 cm³/mol. The van der Waals surface area contributed by atoms with Crippen LogP contribution in [-0.2, 0) is 6.42 Å². The Balaban J connectivity index is 2.51. The van der Waals surface area contributed by atoms with E-state index in [1.54, 1.807) is 17.2 Å². The van der Waals surface area contributed by atoms with Gasteiger partial charge in [-0.1, -0.05) is 6.92 Å². The Hall–Kier alpha value is -1.71. The lowest BCUT2D eigenvalue weighted by Gasteiger charge is -2.04. The first-order valence-electron chi connectivity index (χ1n) is 4.19. The van der Waals surface area contributed by atoms with Crippen molar-refractivity contribution in [2.75, 3.05) is 0 Å². The van der Waals surface area contributed by atoms with Crippen LogP contribution in [0.4, 0.5) is 0 Å². The van der Waals surface area contributed by atoms with Crippen molar-refractivity contribution in [2.24, 2.45) is 0 Å². The van der Waals surface area contributed by atoms with Crippen LogP contribution >= 0.6 is 0 Å². The number of hydrogen-bond donors (Lipinski definition) is 0. The molecule has 0 saturated carbocycles. The number of rotatable bonds is 2. The molecular formula is C9H10N4. The second kappa shape index (κ2) is 3.35. The standard InChI is InChI=1S/C9H10N4/c1-2-8-5-10-4-3-9(8)13-7-11-6-12-13/h3-7H,2H2,1H3. The summed E-state index contributed by atoms with van der Waals surface area (Å²) in [7, 11) is 0. The molecule has 0 bridgehead atoms. The fourth-order valence-electron chi connectivity index (χ4n) is 1.25. The average Bonchev–Trinajstić information content (AvgIpc) is 2.70. The summed E-state index contributed by atoms with van der Waals surface area (Å²) >= 11 is 0. The highest BCUT2D eigenvalue weighted by molar-refractivity contribution is 5.37. The monoisotopic (exact) mass is 174 g/mol. The van der Waals surface area contributed by atoms with E-state index in [9.17, 15) is 0 Å². The second-order valence-corrected chi connectivity index (χ2v) is 2.70. The van der Waals surface area contributed by atoms with E-state index in [2.05, 4.69) is 22.0 Å². The van der Waals surface area contributed by atoms with Gasteiger partial charge in [0.05, 0.1) is 5.69 Å². The molecule has 0 saturated heterocycles. The van der Waals surface area contributed by atoms with Crippen LogP contribution in [0.5, 0.6) is 0 Å². The molecule has 0 aromatic carbocycles. The van der Waals surface area contributed by atoms with Gasteiger partial charge in [-0.15, -0.1) is 0 Å². The van der Waals surface area contributed by atoms with E-state index >= 15 is 0 Å². The van der Waals surface area contributed by atoms with Crippen LogP contribution in [0, 0.1) is 0 Å². The van der Waals surface area contributed by atoms with Crippen LogP contribution in [0.25, 0.3) is 5.69 Å². The van der Waals surface area contributed by atoms with Gasteiger partial charge in [0.25, 0.3) is 0 Å². The van der Waals surface area contributed by atoms with Crippen LogP contribution in [0.1, 0.15) is 12.5 Å². The van der Waals surface area contributed by atoms with E-state index < -0.39 is 0 Å². The van der Waals surface area contributed by atoms with Crippen LogP contribution < -0.4 is 0 Å².